The van der Waals surface area contributed by atoms with Crippen molar-refractivity contribution in [2.45, 2.75) is 20.3 Å². The van der Waals surface area contributed by atoms with Gasteiger partial charge in [-0.3, -0.25) is 4.98 Å². The van der Waals surface area contributed by atoms with E-state index < -0.39 is 0 Å². The molecule has 0 amide bonds. The normalized spacial score (nSPS) is 17.3. The van der Waals surface area contributed by atoms with Crippen molar-refractivity contribution in [2.24, 2.45) is 0 Å². The van der Waals surface area contributed by atoms with E-state index >= 15 is 0 Å². The maximum atomic E-state index is 4.19. The van der Waals surface area contributed by atoms with Crippen molar-refractivity contribution in [3.63, 3.8) is 0 Å². The fraction of sp³-hybridized carbons (Fsp3) is 0.417. The van der Waals surface area contributed by atoms with Gasteiger partial charge in [0.2, 0.25) is 0 Å². The van der Waals surface area contributed by atoms with Gasteiger partial charge in [-0.05, 0) is 44.0 Å². The number of nitrogens with zero attached hydrogens (tertiary/aromatic N) is 1. The first-order valence-electron chi connectivity index (χ1n) is 5.09. The van der Waals surface area contributed by atoms with Crippen molar-refractivity contribution in [3.05, 3.63) is 35.2 Å². The van der Waals surface area contributed by atoms with Crippen LogP contribution in [0.5, 0.6) is 0 Å². The number of pyridine rings is 1. The van der Waals surface area contributed by atoms with Crippen LogP contribution in [0.3, 0.4) is 0 Å². The molecule has 14 heavy (non-hydrogen) atoms. The molecule has 74 valence electrons. The monoisotopic (exact) mass is 188 g/mol. The molecule has 0 bridgehead atoms. The number of aryl methyl sites for hydroxylation is 1. The molecule has 0 aliphatic carbocycles. The van der Waals surface area contributed by atoms with Gasteiger partial charge in [-0.25, -0.2) is 0 Å². The molecule has 2 rings (SSSR count). The standard InChI is InChI=1S/C12H16N2/c1-9-3-5-13-7-11(9)12-8-14-6-4-10(12)2/h3,5,7,14H,4,6,8H2,1-2H3. The van der Waals surface area contributed by atoms with E-state index in [1.54, 1.807) is 0 Å². The number of hydrogen-bond donors (Lipinski definition) is 1. The smallest absolute Gasteiger partial charge is 0.0346 e. The Labute approximate surface area is 85.1 Å². The first-order chi connectivity index (χ1) is 6.79. The van der Waals surface area contributed by atoms with Crippen LogP contribution in [0.2, 0.25) is 0 Å². The summed E-state index contributed by atoms with van der Waals surface area (Å²) in [4.78, 5) is 4.19. The highest BCUT2D eigenvalue weighted by Gasteiger charge is 2.12. The number of aromatic nitrogens is 1. The average molecular weight is 188 g/mol. The quantitative estimate of drug-likeness (QED) is 0.730. The Morgan fingerprint density at radius 3 is 2.93 bits per heavy atom. The molecule has 2 heterocycles. The Morgan fingerprint density at radius 2 is 2.21 bits per heavy atom. The van der Waals surface area contributed by atoms with Crippen LogP contribution in [0, 0.1) is 6.92 Å². The summed E-state index contributed by atoms with van der Waals surface area (Å²) in [5.41, 5.74) is 5.55. The highest BCUT2D eigenvalue weighted by Crippen LogP contribution is 2.24. The Kier molecular flexibility index (Phi) is 2.64. The lowest BCUT2D eigenvalue weighted by atomic mass is 9.95. The number of nitrogens with one attached hydrogen (secondary N) is 1. The maximum absolute atomic E-state index is 4.19. The van der Waals surface area contributed by atoms with Gasteiger partial charge in [-0.2, -0.15) is 0 Å². The summed E-state index contributed by atoms with van der Waals surface area (Å²) in [6, 6.07) is 2.07. The second kappa shape index (κ2) is 3.93. The molecular formula is C12H16N2. The fourth-order valence-electron chi connectivity index (χ4n) is 1.90. The SMILES string of the molecule is CC1=C(c2cnccc2C)CNCC1. The van der Waals surface area contributed by atoms with E-state index in [0.717, 1.165) is 19.5 Å². The van der Waals surface area contributed by atoms with Crippen LogP contribution >= 0.6 is 0 Å². The molecule has 1 aliphatic rings. The minimum atomic E-state index is 0.984. The highest BCUT2D eigenvalue weighted by molar-refractivity contribution is 5.72. The second-order valence-corrected chi connectivity index (χ2v) is 3.88. The van der Waals surface area contributed by atoms with Crippen LogP contribution in [0.4, 0.5) is 0 Å². The molecule has 1 aromatic heterocycles. The predicted octanol–water partition coefficient (Wildman–Crippen LogP) is 2.16. The molecule has 0 spiro atoms. The van der Waals surface area contributed by atoms with E-state index in [1.807, 2.05) is 12.4 Å². The van der Waals surface area contributed by atoms with Gasteiger partial charge in [-0.15, -0.1) is 0 Å². The third-order valence-corrected chi connectivity index (χ3v) is 2.86. The molecule has 0 saturated carbocycles. The molecule has 0 radical (unpaired) electrons. The molecule has 1 N–H and O–H groups in total. The molecule has 0 saturated heterocycles. The second-order valence-electron chi connectivity index (χ2n) is 3.88. The minimum Gasteiger partial charge on any atom is -0.312 e. The zero-order chi connectivity index (χ0) is 9.97. The third-order valence-electron chi connectivity index (χ3n) is 2.86. The molecule has 0 fully saturated rings. The Bertz CT molecular complexity index is 366. The average Bonchev–Trinajstić information content (AvgIpc) is 2.20. The third kappa shape index (κ3) is 1.70. The Hall–Kier alpha value is -1.15. The van der Waals surface area contributed by atoms with Gasteiger partial charge >= 0.3 is 0 Å². The summed E-state index contributed by atoms with van der Waals surface area (Å²) >= 11 is 0. The summed E-state index contributed by atoms with van der Waals surface area (Å²) in [6.07, 6.45) is 4.98. The summed E-state index contributed by atoms with van der Waals surface area (Å²) in [5, 5.41) is 3.41. The number of hydrogen-bond acceptors (Lipinski definition) is 2. The lowest BCUT2D eigenvalue weighted by Gasteiger charge is -2.20. The molecule has 1 aromatic rings. The highest BCUT2D eigenvalue weighted by atomic mass is 14.9. The van der Waals surface area contributed by atoms with Crippen LogP contribution in [0.15, 0.2) is 24.0 Å². The van der Waals surface area contributed by atoms with Gasteiger partial charge in [0.25, 0.3) is 0 Å². The molecule has 0 unspecified atom stereocenters. The molecule has 0 atom stereocenters. The van der Waals surface area contributed by atoms with E-state index in [-0.39, 0.29) is 0 Å². The van der Waals surface area contributed by atoms with Gasteiger partial charge in [-0.1, -0.05) is 5.57 Å². The van der Waals surface area contributed by atoms with E-state index in [4.69, 9.17) is 0 Å². The van der Waals surface area contributed by atoms with Gasteiger partial charge < -0.3 is 5.32 Å². The van der Waals surface area contributed by atoms with Crippen molar-refractivity contribution < 1.29 is 0 Å². The lowest BCUT2D eigenvalue weighted by molar-refractivity contribution is 0.714. The minimum absolute atomic E-state index is 0.984. The zero-order valence-electron chi connectivity index (χ0n) is 8.80. The van der Waals surface area contributed by atoms with Crippen LogP contribution in [0.1, 0.15) is 24.5 Å². The molecular weight excluding hydrogens is 172 g/mol. The first kappa shape index (κ1) is 9.41. The zero-order valence-corrected chi connectivity index (χ0v) is 8.80. The van der Waals surface area contributed by atoms with E-state index in [2.05, 4.69) is 30.2 Å². The van der Waals surface area contributed by atoms with Gasteiger partial charge in [0, 0.05) is 24.5 Å². The largest absolute Gasteiger partial charge is 0.312 e. The van der Waals surface area contributed by atoms with E-state index in [1.165, 1.54) is 22.3 Å². The molecule has 2 nitrogen and oxygen atoms in total. The predicted molar refractivity (Wildman–Crippen MR) is 59.1 cm³/mol. The van der Waals surface area contributed by atoms with E-state index in [9.17, 15) is 0 Å². The summed E-state index contributed by atoms with van der Waals surface area (Å²) in [5.74, 6) is 0. The summed E-state index contributed by atoms with van der Waals surface area (Å²) in [7, 11) is 0. The van der Waals surface area contributed by atoms with E-state index in [0.29, 0.717) is 0 Å². The van der Waals surface area contributed by atoms with Gasteiger partial charge in [0.05, 0.1) is 0 Å². The van der Waals surface area contributed by atoms with Crippen LogP contribution in [-0.2, 0) is 0 Å². The van der Waals surface area contributed by atoms with Gasteiger partial charge in [0.15, 0.2) is 0 Å². The van der Waals surface area contributed by atoms with Crippen molar-refractivity contribution in [2.75, 3.05) is 13.1 Å². The van der Waals surface area contributed by atoms with Crippen molar-refractivity contribution in [1.29, 1.82) is 0 Å². The van der Waals surface area contributed by atoms with Crippen LogP contribution in [-0.4, -0.2) is 18.1 Å². The Balaban J connectivity index is 2.43. The maximum Gasteiger partial charge on any atom is 0.0346 e. The van der Waals surface area contributed by atoms with Crippen LogP contribution < -0.4 is 5.32 Å². The topological polar surface area (TPSA) is 24.9 Å². The first-order valence-corrected chi connectivity index (χ1v) is 5.09. The van der Waals surface area contributed by atoms with Crippen LogP contribution in [0.25, 0.3) is 5.57 Å². The fourth-order valence-corrected chi connectivity index (χ4v) is 1.90. The summed E-state index contributed by atoms with van der Waals surface area (Å²) in [6.45, 7) is 6.46. The number of rotatable bonds is 1. The van der Waals surface area contributed by atoms with Crippen molar-refractivity contribution in [1.82, 2.24) is 10.3 Å². The Morgan fingerprint density at radius 1 is 1.36 bits per heavy atom. The van der Waals surface area contributed by atoms with Crippen molar-refractivity contribution in [3.8, 4) is 0 Å². The van der Waals surface area contributed by atoms with Crippen molar-refractivity contribution >= 4 is 5.57 Å². The van der Waals surface area contributed by atoms with Gasteiger partial charge in [0.1, 0.15) is 0 Å². The summed E-state index contributed by atoms with van der Waals surface area (Å²) < 4.78 is 0. The molecule has 0 aromatic carbocycles. The molecule has 2 heteroatoms. The molecule has 1 aliphatic heterocycles. The lowest BCUT2D eigenvalue weighted by Crippen LogP contribution is -2.24.